The van der Waals surface area contributed by atoms with Gasteiger partial charge in [-0.15, -0.1) is 0 Å². The molecule has 1 heterocycles. The Morgan fingerprint density at radius 1 is 1.23 bits per heavy atom. The molecule has 0 saturated carbocycles. The molecule has 13 heavy (non-hydrogen) atoms. The molecular weight excluding hydrogens is 172 g/mol. The lowest BCUT2D eigenvalue weighted by molar-refractivity contribution is 0.174. The minimum Gasteiger partial charge on any atom is -0.508 e. The normalized spacial score (nSPS) is 13.3. The predicted molar refractivity (Wildman–Crippen MR) is 45.0 cm³/mol. The summed E-state index contributed by atoms with van der Waals surface area (Å²) in [6.07, 6.45) is 0.419. The fraction of sp³-hybridized carbons (Fsp3) is 0.333. The number of rotatable bonds is 2. The summed E-state index contributed by atoms with van der Waals surface area (Å²) in [6, 6.07) is 3.20. The molecule has 1 aliphatic rings. The van der Waals surface area contributed by atoms with Crippen LogP contribution in [0.5, 0.6) is 17.2 Å². The zero-order chi connectivity index (χ0) is 9.26. The van der Waals surface area contributed by atoms with E-state index in [9.17, 15) is 5.11 Å². The Bertz CT molecular complexity index is 322. The number of phenolic OH excluding ortho intramolecular Hbond substituents is 1. The third-order valence-corrected chi connectivity index (χ3v) is 1.95. The van der Waals surface area contributed by atoms with E-state index in [1.165, 1.54) is 6.07 Å². The van der Waals surface area contributed by atoms with Crippen molar-refractivity contribution in [1.82, 2.24) is 0 Å². The lowest BCUT2D eigenvalue weighted by atomic mass is 10.1. The molecule has 2 rings (SSSR count). The van der Waals surface area contributed by atoms with E-state index in [4.69, 9.17) is 14.6 Å². The van der Waals surface area contributed by atoms with Crippen LogP contribution in [0.3, 0.4) is 0 Å². The maximum absolute atomic E-state index is 9.46. The largest absolute Gasteiger partial charge is 0.508 e. The van der Waals surface area contributed by atoms with Crippen LogP contribution in [0.25, 0.3) is 0 Å². The van der Waals surface area contributed by atoms with Crippen LogP contribution in [-0.2, 0) is 6.42 Å². The molecule has 0 spiro atoms. The van der Waals surface area contributed by atoms with Crippen molar-refractivity contribution >= 4 is 0 Å². The molecule has 1 aliphatic heterocycles. The fourth-order valence-corrected chi connectivity index (χ4v) is 1.29. The molecule has 0 bridgehead atoms. The van der Waals surface area contributed by atoms with Crippen molar-refractivity contribution in [2.24, 2.45) is 0 Å². The maximum atomic E-state index is 9.46. The number of ether oxygens (including phenoxy) is 2. The van der Waals surface area contributed by atoms with Gasteiger partial charge in [0.1, 0.15) is 5.75 Å². The number of phenols is 1. The fourth-order valence-electron chi connectivity index (χ4n) is 1.29. The van der Waals surface area contributed by atoms with E-state index >= 15 is 0 Å². The van der Waals surface area contributed by atoms with E-state index < -0.39 is 0 Å². The van der Waals surface area contributed by atoms with Crippen molar-refractivity contribution in [3.05, 3.63) is 17.7 Å². The number of hydrogen-bond donors (Lipinski definition) is 2. The number of fused-ring (bicyclic) bond motifs is 1. The number of aromatic hydroxyl groups is 1. The monoisotopic (exact) mass is 182 g/mol. The van der Waals surface area contributed by atoms with Gasteiger partial charge in [0, 0.05) is 18.2 Å². The van der Waals surface area contributed by atoms with Gasteiger partial charge in [-0.25, -0.2) is 0 Å². The summed E-state index contributed by atoms with van der Waals surface area (Å²) in [6.45, 7) is 0.199. The van der Waals surface area contributed by atoms with Crippen molar-refractivity contribution in [3.8, 4) is 17.2 Å². The molecule has 70 valence electrons. The van der Waals surface area contributed by atoms with Crippen molar-refractivity contribution in [1.29, 1.82) is 0 Å². The highest BCUT2D eigenvalue weighted by molar-refractivity contribution is 5.51. The van der Waals surface area contributed by atoms with Crippen LogP contribution >= 0.6 is 0 Å². The highest BCUT2D eigenvalue weighted by atomic mass is 16.7. The lowest BCUT2D eigenvalue weighted by Crippen LogP contribution is -1.93. The van der Waals surface area contributed by atoms with Crippen LogP contribution in [0, 0.1) is 0 Å². The zero-order valence-corrected chi connectivity index (χ0v) is 6.99. The van der Waals surface area contributed by atoms with Crippen LogP contribution in [-0.4, -0.2) is 23.6 Å². The van der Waals surface area contributed by atoms with Crippen LogP contribution in [0.15, 0.2) is 12.1 Å². The van der Waals surface area contributed by atoms with E-state index in [0.29, 0.717) is 23.5 Å². The molecule has 0 aliphatic carbocycles. The van der Waals surface area contributed by atoms with E-state index in [-0.39, 0.29) is 19.1 Å². The van der Waals surface area contributed by atoms with Gasteiger partial charge < -0.3 is 19.7 Å². The van der Waals surface area contributed by atoms with Crippen LogP contribution in [0.2, 0.25) is 0 Å². The highest BCUT2D eigenvalue weighted by Crippen LogP contribution is 2.37. The average molecular weight is 182 g/mol. The molecule has 4 nitrogen and oxygen atoms in total. The SMILES string of the molecule is OCCc1cc2c(cc1O)OCO2. The van der Waals surface area contributed by atoms with Crippen molar-refractivity contribution in [3.63, 3.8) is 0 Å². The third-order valence-electron chi connectivity index (χ3n) is 1.95. The number of hydrogen-bond acceptors (Lipinski definition) is 4. The van der Waals surface area contributed by atoms with Gasteiger partial charge in [0.25, 0.3) is 0 Å². The quantitative estimate of drug-likeness (QED) is 0.705. The third kappa shape index (κ3) is 1.40. The van der Waals surface area contributed by atoms with Gasteiger partial charge in [-0.05, 0) is 12.5 Å². The molecular formula is C9H10O4. The van der Waals surface area contributed by atoms with Gasteiger partial charge in [-0.1, -0.05) is 0 Å². The van der Waals surface area contributed by atoms with Crippen LogP contribution in [0.4, 0.5) is 0 Å². The molecule has 0 amide bonds. The number of benzene rings is 1. The van der Waals surface area contributed by atoms with Gasteiger partial charge >= 0.3 is 0 Å². The summed E-state index contributed by atoms with van der Waals surface area (Å²) in [5.41, 5.74) is 0.673. The number of aliphatic hydroxyl groups excluding tert-OH is 1. The Hall–Kier alpha value is -1.42. The highest BCUT2D eigenvalue weighted by Gasteiger charge is 2.16. The average Bonchev–Trinajstić information content (AvgIpc) is 2.52. The molecule has 0 atom stereocenters. The summed E-state index contributed by atoms with van der Waals surface area (Å²) < 4.78 is 10.2. The Morgan fingerprint density at radius 3 is 2.62 bits per heavy atom. The Balaban J connectivity index is 2.37. The first-order valence-electron chi connectivity index (χ1n) is 4.03. The van der Waals surface area contributed by atoms with Gasteiger partial charge in [0.05, 0.1) is 0 Å². The Morgan fingerprint density at radius 2 is 1.92 bits per heavy atom. The van der Waals surface area contributed by atoms with E-state index in [1.807, 2.05) is 0 Å². The maximum Gasteiger partial charge on any atom is 0.231 e. The molecule has 0 fully saturated rings. The lowest BCUT2D eigenvalue weighted by Gasteiger charge is -2.03. The molecule has 1 aromatic rings. The zero-order valence-electron chi connectivity index (χ0n) is 6.99. The standard InChI is InChI=1S/C9H10O4/c10-2-1-6-3-8-9(4-7(6)11)13-5-12-8/h3-4,10-11H,1-2,5H2. The topological polar surface area (TPSA) is 58.9 Å². The van der Waals surface area contributed by atoms with Gasteiger partial charge in [0.2, 0.25) is 6.79 Å². The molecule has 0 aromatic heterocycles. The Kier molecular flexibility index (Phi) is 1.98. The molecule has 2 N–H and O–H groups in total. The first kappa shape index (κ1) is 8.19. The number of aliphatic hydroxyl groups is 1. The van der Waals surface area contributed by atoms with Crippen molar-refractivity contribution in [2.45, 2.75) is 6.42 Å². The van der Waals surface area contributed by atoms with Crippen LogP contribution < -0.4 is 9.47 Å². The smallest absolute Gasteiger partial charge is 0.231 e. The van der Waals surface area contributed by atoms with Crippen molar-refractivity contribution < 1.29 is 19.7 Å². The molecule has 0 saturated heterocycles. The minimum absolute atomic E-state index is 0.00715. The van der Waals surface area contributed by atoms with Crippen LogP contribution in [0.1, 0.15) is 5.56 Å². The van der Waals surface area contributed by atoms with E-state index in [0.717, 1.165) is 0 Å². The van der Waals surface area contributed by atoms with E-state index in [2.05, 4.69) is 0 Å². The van der Waals surface area contributed by atoms with Crippen molar-refractivity contribution in [2.75, 3.05) is 13.4 Å². The first-order chi connectivity index (χ1) is 6.31. The predicted octanol–water partition coefficient (Wildman–Crippen LogP) is 0.656. The summed E-state index contributed by atoms with van der Waals surface area (Å²) in [5.74, 6) is 1.32. The summed E-state index contributed by atoms with van der Waals surface area (Å²) in [7, 11) is 0. The summed E-state index contributed by atoms with van der Waals surface area (Å²) in [4.78, 5) is 0. The molecule has 1 aromatic carbocycles. The van der Waals surface area contributed by atoms with Gasteiger partial charge in [0.15, 0.2) is 11.5 Å². The minimum atomic E-state index is 0.00715. The second-order valence-corrected chi connectivity index (χ2v) is 2.81. The molecule has 0 unspecified atom stereocenters. The van der Waals surface area contributed by atoms with Gasteiger partial charge in [-0.2, -0.15) is 0 Å². The van der Waals surface area contributed by atoms with Gasteiger partial charge in [-0.3, -0.25) is 0 Å². The summed E-state index contributed by atoms with van der Waals surface area (Å²) >= 11 is 0. The summed E-state index contributed by atoms with van der Waals surface area (Å²) in [5, 5.41) is 18.2. The molecule has 4 heteroatoms. The van der Waals surface area contributed by atoms with E-state index in [1.54, 1.807) is 6.07 Å². The Labute approximate surface area is 75.3 Å². The first-order valence-corrected chi connectivity index (χ1v) is 4.03. The molecule has 0 radical (unpaired) electrons. The second kappa shape index (κ2) is 3.14. The second-order valence-electron chi connectivity index (χ2n) is 2.81.